The topological polar surface area (TPSA) is 46.3 Å². The summed E-state index contributed by atoms with van der Waals surface area (Å²) >= 11 is 3.05. The van der Waals surface area contributed by atoms with Crippen LogP contribution < -0.4 is 5.73 Å². The van der Waals surface area contributed by atoms with E-state index in [1.807, 2.05) is 0 Å². The predicted molar refractivity (Wildman–Crippen MR) is 64.7 cm³/mol. The Hall–Kier alpha value is -0.940. The molecule has 1 rings (SSSR count). The van der Waals surface area contributed by atoms with Gasteiger partial charge in [0.25, 0.3) is 5.91 Å². The molecular weight excluding hydrogens is 275 g/mol. The molecule has 0 radical (unpaired) electrons. The van der Waals surface area contributed by atoms with Crippen LogP contribution in [0.2, 0.25) is 0 Å². The number of hydrogen-bond donors (Lipinski definition) is 1. The summed E-state index contributed by atoms with van der Waals surface area (Å²) in [6.07, 6.45) is 0.706. The smallest absolute Gasteiger partial charge is 0.256 e. The van der Waals surface area contributed by atoms with Crippen LogP contribution in [0.1, 0.15) is 16.8 Å². The second kappa shape index (κ2) is 5.96. The molecule has 0 spiro atoms. The van der Waals surface area contributed by atoms with Crippen LogP contribution in [0.4, 0.5) is 4.39 Å². The van der Waals surface area contributed by atoms with E-state index in [9.17, 15) is 9.18 Å². The average Bonchev–Trinajstić information content (AvgIpc) is 2.28. The molecule has 0 saturated carbocycles. The minimum Gasteiger partial charge on any atom is -0.342 e. The molecule has 0 fully saturated rings. The molecule has 3 nitrogen and oxygen atoms in total. The molecule has 0 bridgehead atoms. The standard InChI is InChI=1S/C11H14BrFN2O/c1-15(7-3-6-14)11(16)8-4-2-5-9(12)10(8)13/h2,4-5H,3,6-7,14H2,1H3. The van der Waals surface area contributed by atoms with E-state index in [1.54, 1.807) is 19.2 Å². The lowest BCUT2D eigenvalue weighted by atomic mass is 10.2. The highest BCUT2D eigenvalue weighted by atomic mass is 79.9. The molecular formula is C11H14BrFN2O. The van der Waals surface area contributed by atoms with Gasteiger partial charge in [-0.3, -0.25) is 4.79 Å². The molecule has 0 saturated heterocycles. The molecule has 1 aromatic carbocycles. The van der Waals surface area contributed by atoms with Crippen LogP contribution in [0, 0.1) is 5.82 Å². The van der Waals surface area contributed by atoms with Gasteiger partial charge in [0, 0.05) is 13.6 Å². The van der Waals surface area contributed by atoms with Gasteiger partial charge in [0.05, 0.1) is 10.0 Å². The number of nitrogens with two attached hydrogens (primary N) is 1. The Balaban J connectivity index is 2.84. The zero-order chi connectivity index (χ0) is 12.1. The van der Waals surface area contributed by atoms with E-state index in [0.717, 1.165) is 0 Å². The molecule has 2 N–H and O–H groups in total. The van der Waals surface area contributed by atoms with Crippen LogP contribution in [-0.2, 0) is 0 Å². The minimum atomic E-state index is -0.521. The third-order valence-corrected chi connectivity index (χ3v) is 2.84. The first-order valence-corrected chi connectivity index (χ1v) is 5.76. The van der Waals surface area contributed by atoms with E-state index >= 15 is 0 Å². The summed E-state index contributed by atoms with van der Waals surface area (Å²) in [7, 11) is 1.64. The van der Waals surface area contributed by atoms with Crippen molar-refractivity contribution in [3.63, 3.8) is 0 Å². The van der Waals surface area contributed by atoms with E-state index in [0.29, 0.717) is 24.0 Å². The number of hydrogen-bond acceptors (Lipinski definition) is 2. The van der Waals surface area contributed by atoms with Gasteiger partial charge in [0.15, 0.2) is 0 Å². The summed E-state index contributed by atoms with van der Waals surface area (Å²) in [6, 6.07) is 4.67. The lowest BCUT2D eigenvalue weighted by molar-refractivity contribution is 0.0789. The van der Waals surface area contributed by atoms with Crippen LogP contribution in [0.25, 0.3) is 0 Å². The Bertz CT molecular complexity index is 384. The monoisotopic (exact) mass is 288 g/mol. The molecule has 0 atom stereocenters. The lowest BCUT2D eigenvalue weighted by Crippen LogP contribution is -2.29. The van der Waals surface area contributed by atoms with Gasteiger partial charge in [0.1, 0.15) is 5.82 Å². The van der Waals surface area contributed by atoms with Gasteiger partial charge >= 0.3 is 0 Å². The fourth-order valence-corrected chi connectivity index (χ4v) is 1.67. The van der Waals surface area contributed by atoms with Crippen molar-refractivity contribution < 1.29 is 9.18 Å². The van der Waals surface area contributed by atoms with Crippen molar-refractivity contribution in [3.8, 4) is 0 Å². The van der Waals surface area contributed by atoms with Crippen molar-refractivity contribution in [1.82, 2.24) is 4.90 Å². The predicted octanol–water partition coefficient (Wildman–Crippen LogP) is 2.01. The minimum absolute atomic E-state index is 0.0777. The number of nitrogens with zero attached hydrogens (tertiary/aromatic N) is 1. The molecule has 0 aliphatic heterocycles. The molecule has 16 heavy (non-hydrogen) atoms. The van der Waals surface area contributed by atoms with Crippen molar-refractivity contribution in [3.05, 3.63) is 34.1 Å². The van der Waals surface area contributed by atoms with Gasteiger partial charge in [-0.15, -0.1) is 0 Å². The van der Waals surface area contributed by atoms with E-state index in [1.165, 1.54) is 11.0 Å². The van der Waals surface area contributed by atoms with E-state index in [2.05, 4.69) is 15.9 Å². The fraction of sp³-hybridized carbons (Fsp3) is 0.364. The quantitative estimate of drug-likeness (QED) is 0.921. The molecule has 5 heteroatoms. The SMILES string of the molecule is CN(CCCN)C(=O)c1cccc(Br)c1F. The lowest BCUT2D eigenvalue weighted by Gasteiger charge is -2.17. The Labute approximate surface area is 103 Å². The maximum absolute atomic E-state index is 13.6. The number of carbonyl (C=O) groups excluding carboxylic acids is 1. The van der Waals surface area contributed by atoms with E-state index < -0.39 is 5.82 Å². The third-order valence-electron chi connectivity index (χ3n) is 2.23. The molecule has 0 heterocycles. The van der Waals surface area contributed by atoms with Crippen molar-refractivity contribution in [2.24, 2.45) is 5.73 Å². The number of halogens is 2. The van der Waals surface area contributed by atoms with Gasteiger partial charge in [-0.25, -0.2) is 4.39 Å². The Morgan fingerprint density at radius 3 is 2.88 bits per heavy atom. The first-order valence-electron chi connectivity index (χ1n) is 4.97. The maximum Gasteiger partial charge on any atom is 0.256 e. The molecule has 0 aliphatic rings. The molecule has 1 amide bonds. The summed E-state index contributed by atoms with van der Waals surface area (Å²) in [6.45, 7) is 1.04. The number of carbonyl (C=O) groups is 1. The normalized spacial score (nSPS) is 10.2. The van der Waals surface area contributed by atoms with E-state index in [-0.39, 0.29) is 11.5 Å². The molecule has 1 aromatic rings. The summed E-state index contributed by atoms with van der Waals surface area (Å²) < 4.78 is 13.9. The summed E-state index contributed by atoms with van der Waals surface area (Å²) in [5, 5.41) is 0. The number of benzene rings is 1. The summed E-state index contributed by atoms with van der Waals surface area (Å²) in [5.41, 5.74) is 5.43. The zero-order valence-corrected chi connectivity index (χ0v) is 10.6. The average molecular weight is 289 g/mol. The Kier molecular flexibility index (Phi) is 4.89. The first-order chi connectivity index (χ1) is 7.57. The van der Waals surface area contributed by atoms with Crippen LogP contribution in [0.3, 0.4) is 0 Å². The highest BCUT2D eigenvalue weighted by molar-refractivity contribution is 9.10. The molecule has 0 aromatic heterocycles. The van der Waals surface area contributed by atoms with Crippen molar-refractivity contribution in [2.45, 2.75) is 6.42 Å². The van der Waals surface area contributed by atoms with Crippen LogP contribution >= 0.6 is 15.9 Å². The van der Waals surface area contributed by atoms with Gasteiger partial charge in [0.2, 0.25) is 0 Å². The van der Waals surface area contributed by atoms with Crippen LogP contribution in [0.5, 0.6) is 0 Å². The molecule has 0 aliphatic carbocycles. The molecule has 88 valence electrons. The van der Waals surface area contributed by atoms with Crippen LogP contribution in [-0.4, -0.2) is 30.9 Å². The summed E-state index contributed by atoms with van der Waals surface area (Å²) in [5.74, 6) is -0.848. The Morgan fingerprint density at radius 1 is 1.56 bits per heavy atom. The van der Waals surface area contributed by atoms with Crippen LogP contribution in [0.15, 0.2) is 22.7 Å². The highest BCUT2D eigenvalue weighted by Gasteiger charge is 2.16. The van der Waals surface area contributed by atoms with Gasteiger partial charge in [-0.1, -0.05) is 6.07 Å². The zero-order valence-electron chi connectivity index (χ0n) is 9.04. The fourth-order valence-electron chi connectivity index (χ4n) is 1.30. The third kappa shape index (κ3) is 3.02. The number of rotatable bonds is 4. The van der Waals surface area contributed by atoms with Crippen molar-refractivity contribution in [2.75, 3.05) is 20.1 Å². The first kappa shape index (κ1) is 13.1. The molecule has 0 unspecified atom stereocenters. The van der Waals surface area contributed by atoms with Crippen molar-refractivity contribution in [1.29, 1.82) is 0 Å². The maximum atomic E-state index is 13.6. The van der Waals surface area contributed by atoms with Gasteiger partial charge < -0.3 is 10.6 Å². The van der Waals surface area contributed by atoms with E-state index in [4.69, 9.17) is 5.73 Å². The van der Waals surface area contributed by atoms with Gasteiger partial charge in [-0.05, 0) is 41.0 Å². The Morgan fingerprint density at radius 2 is 2.25 bits per heavy atom. The summed E-state index contributed by atoms with van der Waals surface area (Å²) in [4.78, 5) is 13.3. The highest BCUT2D eigenvalue weighted by Crippen LogP contribution is 2.19. The second-order valence-corrected chi connectivity index (χ2v) is 4.32. The second-order valence-electron chi connectivity index (χ2n) is 3.47. The largest absolute Gasteiger partial charge is 0.342 e. The number of amides is 1. The van der Waals surface area contributed by atoms with Gasteiger partial charge in [-0.2, -0.15) is 0 Å². The van der Waals surface area contributed by atoms with Crippen molar-refractivity contribution >= 4 is 21.8 Å².